The van der Waals surface area contributed by atoms with Gasteiger partial charge < -0.3 is 10.1 Å². The van der Waals surface area contributed by atoms with E-state index in [2.05, 4.69) is 41.1 Å². The van der Waals surface area contributed by atoms with Gasteiger partial charge in [0.25, 0.3) is 0 Å². The van der Waals surface area contributed by atoms with Crippen molar-refractivity contribution >= 4 is 0 Å². The van der Waals surface area contributed by atoms with Crippen molar-refractivity contribution in [3.8, 4) is 5.75 Å². The van der Waals surface area contributed by atoms with Gasteiger partial charge in [-0.1, -0.05) is 26.0 Å². The van der Waals surface area contributed by atoms with Crippen molar-refractivity contribution in [1.29, 1.82) is 0 Å². The SMILES string of the molecule is CCC(CC)n1ccc(COc2cccc(CNC)c2)n1. The van der Waals surface area contributed by atoms with Gasteiger partial charge in [-0.3, -0.25) is 4.68 Å². The predicted molar refractivity (Wildman–Crippen MR) is 85.4 cm³/mol. The van der Waals surface area contributed by atoms with Gasteiger partial charge >= 0.3 is 0 Å². The first-order valence-electron chi connectivity index (χ1n) is 7.67. The van der Waals surface area contributed by atoms with Gasteiger partial charge in [0.15, 0.2) is 0 Å². The Hall–Kier alpha value is -1.81. The van der Waals surface area contributed by atoms with Crippen LogP contribution in [0.3, 0.4) is 0 Å². The van der Waals surface area contributed by atoms with Crippen molar-refractivity contribution in [2.45, 2.75) is 45.9 Å². The van der Waals surface area contributed by atoms with Crippen LogP contribution in [-0.2, 0) is 13.2 Å². The summed E-state index contributed by atoms with van der Waals surface area (Å²) in [6.07, 6.45) is 4.25. The summed E-state index contributed by atoms with van der Waals surface area (Å²) >= 11 is 0. The predicted octanol–water partition coefficient (Wildman–Crippen LogP) is 3.54. The van der Waals surface area contributed by atoms with Crippen LogP contribution in [0, 0.1) is 0 Å². The summed E-state index contributed by atoms with van der Waals surface area (Å²) < 4.78 is 7.89. The Bertz CT molecular complexity index is 546. The van der Waals surface area contributed by atoms with Crippen LogP contribution in [-0.4, -0.2) is 16.8 Å². The number of nitrogens with one attached hydrogen (secondary N) is 1. The average molecular weight is 287 g/mol. The standard InChI is InChI=1S/C17H25N3O/c1-4-16(5-2)20-10-9-15(19-20)13-21-17-8-6-7-14(11-17)12-18-3/h6-11,16,18H,4-5,12-13H2,1-3H3. The molecule has 2 rings (SSSR count). The Morgan fingerprint density at radius 2 is 2.05 bits per heavy atom. The zero-order valence-electron chi connectivity index (χ0n) is 13.2. The highest BCUT2D eigenvalue weighted by Gasteiger charge is 2.08. The maximum atomic E-state index is 5.84. The van der Waals surface area contributed by atoms with Crippen molar-refractivity contribution in [2.24, 2.45) is 0 Å². The first-order chi connectivity index (χ1) is 10.3. The summed E-state index contributed by atoms with van der Waals surface area (Å²) in [4.78, 5) is 0. The van der Waals surface area contributed by atoms with Crippen LogP contribution in [0.5, 0.6) is 5.75 Å². The number of ether oxygens (including phenoxy) is 1. The molecule has 4 nitrogen and oxygen atoms in total. The fourth-order valence-electron chi connectivity index (χ4n) is 2.43. The van der Waals surface area contributed by atoms with E-state index in [-0.39, 0.29) is 0 Å². The largest absolute Gasteiger partial charge is 0.487 e. The molecular formula is C17H25N3O. The molecule has 0 saturated carbocycles. The topological polar surface area (TPSA) is 39.1 Å². The summed E-state index contributed by atoms with van der Waals surface area (Å²) in [5, 5.41) is 7.75. The third-order valence-electron chi connectivity index (χ3n) is 3.65. The maximum absolute atomic E-state index is 5.84. The number of benzene rings is 1. The Labute approximate surface area is 127 Å². The van der Waals surface area contributed by atoms with Gasteiger partial charge in [-0.2, -0.15) is 5.10 Å². The number of nitrogens with zero attached hydrogens (tertiary/aromatic N) is 2. The molecule has 0 saturated heterocycles. The van der Waals surface area contributed by atoms with E-state index in [4.69, 9.17) is 4.74 Å². The van der Waals surface area contributed by atoms with Crippen LogP contribution in [0.15, 0.2) is 36.5 Å². The number of hydrogen-bond donors (Lipinski definition) is 1. The summed E-state index contributed by atoms with van der Waals surface area (Å²) in [5.74, 6) is 0.889. The van der Waals surface area contributed by atoms with E-state index >= 15 is 0 Å². The highest BCUT2D eigenvalue weighted by molar-refractivity contribution is 5.28. The molecule has 0 aliphatic heterocycles. The smallest absolute Gasteiger partial charge is 0.132 e. The van der Waals surface area contributed by atoms with E-state index in [0.29, 0.717) is 12.6 Å². The van der Waals surface area contributed by atoms with Gasteiger partial charge in [0.2, 0.25) is 0 Å². The molecule has 0 fully saturated rings. The van der Waals surface area contributed by atoms with Gasteiger partial charge in [0, 0.05) is 12.7 Å². The van der Waals surface area contributed by atoms with Gasteiger partial charge in [-0.25, -0.2) is 0 Å². The number of rotatable bonds is 8. The molecule has 0 radical (unpaired) electrons. The Balaban J connectivity index is 1.95. The van der Waals surface area contributed by atoms with E-state index in [1.165, 1.54) is 5.56 Å². The minimum absolute atomic E-state index is 0.484. The molecular weight excluding hydrogens is 262 g/mol. The number of aromatic nitrogens is 2. The zero-order chi connectivity index (χ0) is 15.1. The molecule has 0 unspecified atom stereocenters. The quantitative estimate of drug-likeness (QED) is 0.807. The second-order valence-electron chi connectivity index (χ2n) is 5.22. The van der Waals surface area contributed by atoms with Crippen molar-refractivity contribution in [1.82, 2.24) is 15.1 Å². The molecule has 0 aliphatic carbocycles. The van der Waals surface area contributed by atoms with E-state index in [9.17, 15) is 0 Å². The molecule has 1 aromatic heterocycles. The third kappa shape index (κ3) is 4.33. The molecule has 114 valence electrons. The minimum Gasteiger partial charge on any atom is -0.487 e. The van der Waals surface area contributed by atoms with Crippen molar-refractivity contribution < 1.29 is 4.74 Å². The van der Waals surface area contributed by atoms with Gasteiger partial charge in [-0.05, 0) is 43.7 Å². The average Bonchev–Trinajstić information content (AvgIpc) is 2.96. The third-order valence-corrected chi connectivity index (χ3v) is 3.65. The Morgan fingerprint density at radius 1 is 1.24 bits per heavy atom. The lowest BCUT2D eigenvalue weighted by Gasteiger charge is -2.12. The molecule has 0 atom stereocenters. The lowest BCUT2D eigenvalue weighted by atomic mass is 10.2. The first kappa shape index (κ1) is 15.6. The molecule has 1 heterocycles. The second-order valence-corrected chi connectivity index (χ2v) is 5.22. The number of hydrogen-bond acceptors (Lipinski definition) is 3. The molecule has 1 aromatic carbocycles. The van der Waals surface area contributed by atoms with Crippen molar-refractivity contribution in [3.63, 3.8) is 0 Å². The van der Waals surface area contributed by atoms with Crippen LogP contribution in [0.2, 0.25) is 0 Å². The van der Waals surface area contributed by atoms with Crippen molar-refractivity contribution in [3.05, 3.63) is 47.8 Å². The highest BCUT2D eigenvalue weighted by Crippen LogP contribution is 2.17. The summed E-state index contributed by atoms with van der Waals surface area (Å²) in [6.45, 7) is 5.75. The molecule has 0 bridgehead atoms. The van der Waals surface area contributed by atoms with Crippen molar-refractivity contribution in [2.75, 3.05) is 7.05 Å². The maximum Gasteiger partial charge on any atom is 0.132 e. The molecule has 21 heavy (non-hydrogen) atoms. The van der Waals surface area contributed by atoms with Crippen LogP contribution in [0.4, 0.5) is 0 Å². The second kappa shape index (κ2) is 7.84. The lowest BCUT2D eigenvalue weighted by molar-refractivity contribution is 0.297. The molecule has 0 amide bonds. The van der Waals surface area contributed by atoms with Crippen LogP contribution < -0.4 is 10.1 Å². The van der Waals surface area contributed by atoms with Crippen LogP contribution >= 0.6 is 0 Å². The Kier molecular flexibility index (Phi) is 5.81. The summed E-state index contributed by atoms with van der Waals surface area (Å²) in [6, 6.07) is 10.7. The lowest BCUT2D eigenvalue weighted by Crippen LogP contribution is -2.08. The van der Waals surface area contributed by atoms with Crippen LogP contribution in [0.1, 0.15) is 44.0 Å². The van der Waals surface area contributed by atoms with E-state index in [1.54, 1.807) is 0 Å². The normalized spacial score (nSPS) is 11.0. The summed E-state index contributed by atoms with van der Waals surface area (Å²) in [5.41, 5.74) is 2.19. The molecule has 2 aromatic rings. The van der Waals surface area contributed by atoms with Gasteiger partial charge in [-0.15, -0.1) is 0 Å². The minimum atomic E-state index is 0.484. The summed E-state index contributed by atoms with van der Waals surface area (Å²) in [7, 11) is 1.94. The van der Waals surface area contributed by atoms with E-state index in [0.717, 1.165) is 30.8 Å². The molecule has 1 N–H and O–H groups in total. The Morgan fingerprint density at radius 3 is 2.76 bits per heavy atom. The van der Waals surface area contributed by atoms with Gasteiger partial charge in [0.1, 0.15) is 12.4 Å². The first-order valence-corrected chi connectivity index (χ1v) is 7.67. The van der Waals surface area contributed by atoms with E-state index < -0.39 is 0 Å². The highest BCUT2D eigenvalue weighted by atomic mass is 16.5. The molecule has 0 spiro atoms. The fourth-order valence-corrected chi connectivity index (χ4v) is 2.43. The zero-order valence-corrected chi connectivity index (χ0v) is 13.2. The van der Waals surface area contributed by atoms with Gasteiger partial charge in [0.05, 0.1) is 11.7 Å². The van der Waals surface area contributed by atoms with Crippen LogP contribution in [0.25, 0.3) is 0 Å². The molecule has 0 aliphatic rings. The van der Waals surface area contributed by atoms with E-state index in [1.807, 2.05) is 31.4 Å². The monoisotopic (exact) mass is 287 g/mol. The fraction of sp³-hybridized carbons (Fsp3) is 0.471. The molecule has 4 heteroatoms.